The van der Waals surface area contributed by atoms with Gasteiger partial charge in [0.15, 0.2) is 5.78 Å². The molecule has 0 fully saturated rings. The fourth-order valence-electron chi connectivity index (χ4n) is 3.03. The Morgan fingerprint density at radius 2 is 1.79 bits per heavy atom. The molecule has 0 saturated heterocycles. The van der Waals surface area contributed by atoms with Gasteiger partial charge in [0.2, 0.25) is 0 Å². The fourth-order valence-corrected chi connectivity index (χ4v) is 4.06. The van der Waals surface area contributed by atoms with Crippen molar-refractivity contribution in [3.63, 3.8) is 0 Å². The van der Waals surface area contributed by atoms with Crippen molar-refractivity contribution in [2.24, 2.45) is 0 Å². The lowest BCUT2D eigenvalue weighted by Crippen LogP contribution is -2.24. The topological polar surface area (TPSA) is 78.3 Å². The Kier molecular flexibility index (Phi) is 5.98. The lowest BCUT2D eigenvalue weighted by Gasteiger charge is -2.08. The molecule has 152 valence electrons. The zero-order valence-electron chi connectivity index (χ0n) is 17.2. The number of ketones is 1. The van der Waals surface area contributed by atoms with E-state index in [1.54, 1.807) is 32.9 Å². The van der Waals surface area contributed by atoms with E-state index in [1.165, 1.54) is 10.9 Å². The first-order valence-corrected chi connectivity index (χ1v) is 10.3. The second-order valence-electron chi connectivity index (χ2n) is 7.57. The molecule has 0 spiro atoms. The predicted octanol–water partition coefficient (Wildman–Crippen LogP) is 4.34. The van der Waals surface area contributed by atoms with Gasteiger partial charge in [-0.15, -0.1) is 11.3 Å². The van der Waals surface area contributed by atoms with Gasteiger partial charge >= 0.3 is 5.97 Å². The second-order valence-corrected chi connectivity index (χ2v) is 8.57. The first-order valence-electron chi connectivity index (χ1n) is 9.51. The van der Waals surface area contributed by atoms with E-state index in [9.17, 15) is 14.4 Å². The third-order valence-corrected chi connectivity index (χ3v) is 5.84. The number of nitrogens with zero attached hydrogens (tertiary/aromatic N) is 2. The maximum Gasteiger partial charge on any atom is 0.348 e. The van der Waals surface area contributed by atoms with Crippen LogP contribution >= 0.6 is 11.3 Å². The van der Waals surface area contributed by atoms with E-state index in [0.29, 0.717) is 32.1 Å². The minimum absolute atomic E-state index is 0.107. The maximum atomic E-state index is 12.9. The highest BCUT2D eigenvalue weighted by Crippen LogP contribution is 2.27. The summed E-state index contributed by atoms with van der Waals surface area (Å²) in [5, 5.41) is 0.358. The normalized spacial score (nSPS) is 11.4. The first-order chi connectivity index (χ1) is 13.7. The quantitative estimate of drug-likeness (QED) is 0.445. The van der Waals surface area contributed by atoms with Crippen molar-refractivity contribution in [2.75, 3.05) is 0 Å². The summed E-state index contributed by atoms with van der Waals surface area (Å²) in [7, 11) is 0. The number of carbonyl (C=O) groups is 2. The lowest BCUT2D eigenvalue weighted by molar-refractivity contribution is 0.0383. The van der Waals surface area contributed by atoms with Crippen molar-refractivity contribution in [3.05, 3.63) is 62.5 Å². The monoisotopic (exact) mass is 412 g/mol. The molecule has 3 aromatic rings. The highest BCUT2D eigenvalue weighted by molar-refractivity contribution is 7.20. The van der Waals surface area contributed by atoms with Crippen LogP contribution in [0.5, 0.6) is 0 Å². The zero-order valence-corrected chi connectivity index (χ0v) is 18.0. The number of esters is 1. The lowest BCUT2D eigenvalue weighted by atomic mass is 10.0. The molecule has 0 aliphatic rings. The average Bonchev–Trinajstić information content (AvgIpc) is 3.01. The first kappa shape index (κ1) is 20.9. The Labute approximate surface area is 173 Å². The molecule has 1 aromatic carbocycles. The van der Waals surface area contributed by atoms with Crippen LogP contribution in [-0.2, 0) is 11.3 Å². The number of hydrogen-bond donors (Lipinski definition) is 0. The van der Waals surface area contributed by atoms with Crippen LogP contribution in [0.4, 0.5) is 0 Å². The predicted molar refractivity (Wildman–Crippen MR) is 114 cm³/mol. The standard InChI is InChI=1S/C22H24N2O4S/c1-12(2)15-6-8-16(9-7-15)17(25)10-24-11-23-20-18(21(24)26)14(5)19(29-20)22(27)28-13(3)4/h6-9,11-13H,10H2,1-5H3. The third kappa shape index (κ3) is 4.29. The van der Waals surface area contributed by atoms with Crippen molar-refractivity contribution in [2.45, 2.75) is 53.2 Å². The number of rotatable bonds is 6. The molecule has 0 radical (unpaired) electrons. The minimum Gasteiger partial charge on any atom is -0.459 e. The molecular weight excluding hydrogens is 388 g/mol. The molecule has 7 heteroatoms. The van der Waals surface area contributed by atoms with E-state index in [4.69, 9.17) is 4.74 Å². The van der Waals surface area contributed by atoms with Crippen molar-refractivity contribution in [3.8, 4) is 0 Å². The van der Waals surface area contributed by atoms with E-state index < -0.39 is 5.97 Å². The number of aryl methyl sites for hydroxylation is 1. The van der Waals surface area contributed by atoms with Crippen LogP contribution in [0.25, 0.3) is 10.2 Å². The maximum absolute atomic E-state index is 12.9. The van der Waals surface area contributed by atoms with Gasteiger partial charge in [0.1, 0.15) is 9.71 Å². The third-order valence-electron chi connectivity index (χ3n) is 4.66. The summed E-state index contributed by atoms with van der Waals surface area (Å²) >= 11 is 1.13. The van der Waals surface area contributed by atoms with E-state index in [1.807, 2.05) is 12.1 Å². The molecule has 0 saturated carbocycles. The average molecular weight is 413 g/mol. The Morgan fingerprint density at radius 3 is 2.38 bits per heavy atom. The summed E-state index contributed by atoms with van der Waals surface area (Å²) in [4.78, 5) is 43.0. The van der Waals surface area contributed by atoms with Crippen LogP contribution < -0.4 is 5.56 Å². The van der Waals surface area contributed by atoms with Gasteiger partial charge in [-0.3, -0.25) is 14.2 Å². The molecule has 0 aliphatic heterocycles. The highest BCUT2D eigenvalue weighted by atomic mass is 32.1. The van der Waals surface area contributed by atoms with Gasteiger partial charge in [-0.1, -0.05) is 38.1 Å². The molecule has 6 nitrogen and oxygen atoms in total. The van der Waals surface area contributed by atoms with Crippen molar-refractivity contribution >= 4 is 33.3 Å². The van der Waals surface area contributed by atoms with Crippen LogP contribution in [-0.4, -0.2) is 27.4 Å². The van der Waals surface area contributed by atoms with Crippen LogP contribution in [0.3, 0.4) is 0 Å². The molecular formula is C22H24N2O4S. The number of aromatic nitrogens is 2. The summed E-state index contributed by atoms with van der Waals surface area (Å²) in [6, 6.07) is 7.42. The Balaban J connectivity index is 1.91. The molecule has 0 amide bonds. The molecule has 2 aromatic heterocycles. The number of thiophene rings is 1. The second kappa shape index (κ2) is 8.29. The van der Waals surface area contributed by atoms with E-state index in [-0.39, 0.29) is 24.0 Å². The van der Waals surface area contributed by atoms with Gasteiger partial charge in [-0.2, -0.15) is 0 Å². The largest absolute Gasteiger partial charge is 0.459 e. The van der Waals surface area contributed by atoms with Crippen molar-refractivity contribution < 1.29 is 14.3 Å². The minimum atomic E-state index is -0.465. The van der Waals surface area contributed by atoms with Gasteiger partial charge in [-0.05, 0) is 37.8 Å². The Bertz CT molecular complexity index is 1120. The number of ether oxygens (including phenoxy) is 1. The summed E-state index contributed by atoms with van der Waals surface area (Å²) in [5.41, 5.74) is 1.90. The van der Waals surface area contributed by atoms with E-state index in [0.717, 1.165) is 16.9 Å². The number of fused-ring (bicyclic) bond motifs is 1. The van der Waals surface area contributed by atoms with Gasteiger partial charge in [0.25, 0.3) is 5.56 Å². The molecule has 3 rings (SSSR count). The summed E-state index contributed by atoms with van der Waals surface area (Å²) < 4.78 is 6.54. The number of Topliss-reactive ketones (excluding diaryl/α,β-unsaturated/α-hetero) is 1. The van der Waals surface area contributed by atoms with E-state index in [2.05, 4.69) is 18.8 Å². The number of carbonyl (C=O) groups excluding carboxylic acids is 2. The van der Waals surface area contributed by atoms with Gasteiger partial charge in [0, 0.05) is 5.56 Å². The zero-order chi connectivity index (χ0) is 21.3. The SMILES string of the molecule is Cc1c(C(=O)OC(C)C)sc2ncn(CC(=O)c3ccc(C(C)C)cc3)c(=O)c12. The van der Waals surface area contributed by atoms with Gasteiger partial charge in [-0.25, -0.2) is 9.78 Å². The molecule has 0 bridgehead atoms. The molecule has 0 N–H and O–H groups in total. The van der Waals surface area contributed by atoms with Crippen LogP contribution in [0.15, 0.2) is 35.4 Å². The fraction of sp³-hybridized carbons (Fsp3) is 0.364. The molecule has 0 unspecified atom stereocenters. The molecule has 29 heavy (non-hydrogen) atoms. The molecule has 0 atom stereocenters. The van der Waals surface area contributed by atoms with E-state index >= 15 is 0 Å². The number of benzene rings is 1. The smallest absolute Gasteiger partial charge is 0.348 e. The van der Waals surface area contributed by atoms with Crippen molar-refractivity contribution in [1.82, 2.24) is 9.55 Å². The summed E-state index contributed by atoms with van der Waals surface area (Å²) in [6.07, 6.45) is 1.11. The Hall–Kier alpha value is -2.80. The van der Waals surface area contributed by atoms with Crippen LogP contribution in [0.1, 0.15) is 64.8 Å². The Morgan fingerprint density at radius 1 is 1.14 bits per heavy atom. The summed E-state index contributed by atoms with van der Waals surface area (Å²) in [5.74, 6) is -0.254. The number of hydrogen-bond acceptors (Lipinski definition) is 6. The van der Waals surface area contributed by atoms with Gasteiger partial charge in [0.05, 0.1) is 24.4 Å². The van der Waals surface area contributed by atoms with Crippen LogP contribution in [0.2, 0.25) is 0 Å². The molecule has 2 heterocycles. The van der Waals surface area contributed by atoms with Crippen molar-refractivity contribution in [1.29, 1.82) is 0 Å². The highest BCUT2D eigenvalue weighted by Gasteiger charge is 2.21. The molecule has 0 aliphatic carbocycles. The summed E-state index contributed by atoms with van der Waals surface area (Å²) in [6.45, 7) is 9.31. The van der Waals surface area contributed by atoms with Gasteiger partial charge < -0.3 is 4.74 Å². The van der Waals surface area contributed by atoms with Crippen LogP contribution in [0, 0.1) is 6.92 Å².